The van der Waals surface area contributed by atoms with Gasteiger partial charge in [0, 0.05) is 24.4 Å². The summed E-state index contributed by atoms with van der Waals surface area (Å²) in [6, 6.07) is 13.9. The molecule has 0 atom stereocenters. The summed E-state index contributed by atoms with van der Waals surface area (Å²) in [5, 5.41) is 13.2. The molecular formula is C25H24F3N3O3. The van der Waals surface area contributed by atoms with Crippen LogP contribution in [-0.2, 0) is 18.0 Å². The van der Waals surface area contributed by atoms with Gasteiger partial charge in [0.25, 0.3) is 5.91 Å². The number of nitrogens with zero attached hydrogens (tertiary/aromatic N) is 3. The third-order valence-electron chi connectivity index (χ3n) is 6.84. The van der Waals surface area contributed by atoms with Gasteiger partial charge in [-0.2, -0.15) is 18.3 Å². The molecule has 1 aliphatic heterocycles. The average molecular weight is 471 g/mol. The molecule has 1 aliphatic carbocycles. The number of hydrogen-bond donors (Lipinski definition) is 1. The van der Waals surface area contributed by atoms with Gasteiger partial charge >= 0.3 is 6.18 Å². The third-order valence-corrected chi connectivity index (χ3v) is 6.84. The highest BCUT2D eigenvalue weighted by molar-refractivity contribution is 6.07. The number of fused-ring (bicyclic) bond motifs is 1. The molecule has 178 valence electrons. The van der Waals surface area contributed by atoms with Crippen molar-refractivity contribution in [2.45, 2.75) is 37.3 Å². The number of aliphatic hydroxyl groups is 1. The average Bonchev–Trinajstić information content (AvgIpc) is 3.49. The molecule has 1 fully saturated rings. The van der Waals surface area contributed by atoms with Crippen molar-refractivity contribution in [1.82, 2.24) is 9.78 Å². The van der Waals surface area contributed by atoms with Crippen molar-refractivity contribution in [3.8, 4) is 11.4 Å². The molecule has 1 saturated carbocycles. The van der Waals surface area contributed by atoms with Gasteiger partial charge < -0.3 is 14.7 Å². The summed E-state index contributed by atoms with van der Waals surface area (Å²) in [4.78, 5) is 15.0. The minimum Gasteiger partial charge on any atom is -0.497 e. The summed E-state index contributed by atoms with van der Waals surface area (Å²) < 4.78 is 47.5. The van der Waals surface area contributed by atoms with E-state index in [0.29, 0.717) is 23.5 Å². The van der Waals surface area contributed by atoms with Gasteiger partial charge in [0.15, 0.2) is 5.69 Å². The third kappa shape index (κ3) is 3.73. The zero-order valence-electron chi connectivity index (χ0n) is 18.6. The first kappa shape index (κ1) is 22.5. The van der Waals surface area contributed by atoms with Crippen molar-refractivity contribution in [1.29, 1.82) is 0 Å². The van der Waals surface area contributed by atoms with Gasteiger partial charge in [0.05, 0.1) is 12.8 Å². The van der Waals surface area contributed by atoms with E-state index >= 15 is 0 Å². The van der Waals surface area contributed by atoms with Crippen LogP contribution in [0, 0.1) is 0 Å². The van der Waals surface area contributed by atoms with Crippen molar-refractivity contribution in [3.05, 3.63) is 71.0 Å². The monoisotopic (exact) mass is 471 g/mol. The Morgan fingerprint density at radius 2 is 1.71 bits per heavy atom. The van der Waals surface area contributed by atoms with Crippen LogP contribution in [0.5, 0.6) is 5.75 Å². The van der Waals surface area contributed by atoms with Crippen LogP contribution in [-0.4, -0.2) is 41.1 Å². The van der Waals surface area contributed by atoms with E-state index in [0.717, 1.165) is 23.1 Å². The predicted molar refractivity (Wildman–Crippen MR) is 120 cm³/mol. The number of amides is 1. The fourth-order valence-electron chi connectivity index (χ4n) is 4.79. The van der Waals surface area contributed by atoms with E-state index in [1.165, 1.54) is 12.0 Å². The number of anilines is 1. The number of ether oxygens (including phenoxy) is 1. The smallest absolute Gasteiger partial charge is 0.435 e. The molecule has 1 aromatic heterocycles. The molecule has 2 aromatic carbocycles. The maximum Gasteiger partial charge on any atom is 0.435 e. The predicted octanol–water partition coefficient (Wildman–Crippen LogP) is 4.52. The first-order valence-electron chi connectivity index (χ1n) is 11.1. The number of carbonyl (C=O) groups excluding carboxylic acids is 1. The SMILES string of the molecule is COc1ccc(-n2nc(C(F)(F)F)c3c2C(=O)N(c2ccc(C4(CCO)CC4)cc2)CC3)cc1. The van der Waals surface area contributed by atoms with E-state index in [-0.39, 0.29) is 36.2 Å². The Bertz CT molecular complexity index is 1210. The van der Waals surface area contributed by atoms with Crippen molar-refractivity contribution < 1.29 is 27.8 Å². The number of benzene rings is 2. The summed E-state index contributed by atoms with van der Waals surface area (Å²) in [6.45, 7) is 0.246. The molecule has 3 aromatic rings. The minimum absolute atomic E-state index is 0.000945. The summed E-state index contributed by atoms with van der Waals surface area (Å²) in [6.07, 6.45) is -1.90. The summed E-state index contributed by atoms with van der Waals surface area (Å²) in [5.74, 6) is 0.0211. The zero-order chi connectivity index (χ0) is 24.1. The molecule has 0 bridgehead atoms. The van der Waals surface area contributed by atoms with Crippen LogP contribution in [0.15, 0.2) is 48.5 Å². The molecule has 34 heavy (non-hydrogen) atoms. The molecule has 1 N–H and O–H groups in total. The Labute approximate surface area is 194 Å². The van der Waals surface area contributed by atoms with Crippen LogP contribution in [0.2, 0.25) is 0 Å². The van der Waals surface area contributed by atoms with Crippen molar-refractivity contribution >= 4 is 11.6 Å². The number of aliphatic hydroxyl groups excluding tert-OH is 1. The van der Waals surface area contributed by atoms with E-state index in [4.69, 9.17) is 4.74 Å². The van der Waals surface area contributed by atoms with Crippen LogP contribution in [0.25, 0.3) is 5.69 Å². The number of methoxy groups -OCH3 is 1. The van der Waals surface area contributed by atoms with Crippen LogP contribution in [0.3, 0.4) is 0 Å². The summed E-state index contributed by atoms with van der Waals surface area (Å²) in [7, 11) is 1.49. The number of aromatic nitrogens is 2. The van der Waals surface area contributed by atoms with E-state index in [9.17, 15) is 23.1 Å². The number of alkyl halides is 3. The van der Waals surface area contributed by atoms with Gasteiger partial charge in [0.2, 0.25) is 0 Å². The van der Waals surface area contributed by atoms with Gasteiger partial charge in [-0.3, -0.25) is 4.79 Å². The molecule has 0 radical (unpaired) electrons. The molecule has 5 rings (SSSR count). The lowest BCUT2D eigenvalue weighted by molar-refractivity contribution is -0.141. The topological polar surface area (TPSA) is 67.6 Å². The van der Waals surface area contributed by atoms with E-state index < -0.39 is 17.8 Å². The Hall–Kier alpha value is -3.33. The highest BCUT2D eigenvalue weighted by atomic mass is 19.4. The number of rotatable bonds is 6. The molecule has 2 aliphatic rings. The molecule has 0 spiro atoms. The quantitative estimate of drug-likeness (QED) is 0.574. The highest BCUT2D eigenvalue weighted by Crippen LogP contribution is 2.51. The van der Waals surface area contributed by atoms with Gasteiger partial charge in [-0.05, 0) is 73.1 Å². The van der Waals surface area contributed by atoms with E-state index in [1.54, 1.807) is 24.3 Å². The first-order chi connectivity index (χ1) is 16.3. The second kappa shape index (κ2) is 8.16. The zero-order valence-corrected chi connectivity index (χ0v) is 18.6. The molecule has 0 unspecified atom stereocenters. The maximum absolute atomic E-state index is 13.8. The Kier molecular flexibility index (Phi) is 5.39. The molecule has 2 heterocycles. The lowest BCUT2D eigenvalue weighted by Crippen LogP contribution is -2.39. The normalized spacial score (nSPS) is 17.0. The van der Waals surface area contributed by atoms with E-state index in [1.807, 2.05) is 24.3 Å². The fourth-order valence-corrected chi connectivity index (χ4v) is 4.79. The molecular weight excluding hydrogens is 447 g/mol. The Balaban J connectivity index is 1.52. The van der Waals surface area contributed by atoms with Gasteiger partial charge in [-0.1, -0.05) is 12.1 Å². The molecule has 6 nitrogen and oxygen atoms in total. The number of carbonyl (C=O) groups is 1. The maximum atomic E-state index is 13.8. The van der Waals surface area contributed by atoms with Crippen molar-refractivity contribution in [3.63, 3.8) is 0 Å². The van der Waals surface area contributed by atoms with Gasteiger partial charge in [-0.15, -0.1) is 0 Å². The Morgan fingerprint density at radius 1 is 1.06 bits per heavy atom. The largest absolute Gasteiger partial charge is 0.497 e. The van der Waals surface area contributed by atoms with Gasteiger partial charge in [-0.25, -0.2) is 4.68 Å². The highest BCUT2D eigenvalue weighted by Gasteiger charge is 2.45. The lowest BCUT2D eigenvalue weighted by atomic mass is 9.92. The summed E-state index contributed by atoms with van der Waals surface area (Å²) in [5.41, 5.74) is 0.890. The molecule has 0 saturated heterocycles. The van der Waals surface area contributed by atoms with E-state index in [2.05, 4.69) is 5.10 Å². The van der Waals surface area contributed by atoms with Crippen LogP contribution >= 0.6 is 0 Å². The lowest BCUT2D eigenvalue weighted by Gasteiger charge is -2.28. The number of hydrogen-bond acceptors (Lipinski definition) is 4. The van der Waals surface area contributed by atoms with Crippen LogP contribution < -0.4 is 9.64 Å². The summed E-state index contributed by atoms with van der Waals surface area (Å²) >= 11 is 0. The second-order valence-corrected chi connectivity index (χ2v) is 8.79. The van der Waals surface area contributed by atoms with Crippen LogP contribution in [0.4, 0.5) is 18.9 Å². The van der Waals surface area contributed by atoms with Crippen LogP contribution in [0.1, 0.15) is 46.6 Å². The second-order valence-electron chi connectivity index (χ2n) is 8.79. The molecule has 9 heteroatoms. The standard InChI is InChI=1S/C25H24F3N3O3/c1-34-19-8-6-18(7-9-19)31-21-20(22(29-31)25(26,27)28)10-14-30(23(21)33)17-4-2-16(3-5-17)24(11-12-24)13-15-32/h2-9,32H,10-15H2,1H3. The first-order valence-corrected chi connectivity index (χ1v) is 11.1. The minimum atomic E-state index is -4.67. The fraction of sp³-hybridized carbons (Fsp3) is 0.360. The van der Waals surface area contributed by atoms with Crippen molar-refractivity contribution in [2.24, 2.45) is 0 Å². The number of halogens is 3. The van der Waals surface area contributed by atoms with Crippen molar-refractivity contribution in [2.75, 3.05) is 25.2 Å². The van der Waals surface area contributed by atoms with Gasteiger partial charge in [0.1, 0.15) is 11.4 Å². The Morgan fingerprint density at radius 3 is 2.26 bits per heavy atom. The molecule has 1 amide bonds.